The van der Waals surface area contributed by atoms with E-state index in [0.717, 1.165) is 6.08 Å². The number of carboxylic acid groups (broad SMARTS) is 1. The van der Waals surface area contributed by atoms with Crippen molar-refractivity contribution in [3.05, 3.63) is 25.2 Å². The summed E-state index contributed by atoms with van der Waals surface area (Å²) in [6.45, 7) is 2.96. The van der Waals surface area contributed by atoms with Crippen LogP contribution in [0, 0.1) is 0 Å². The summed E-state index contributed by atoms with van der Waals surface area (Å²) in [7, 11) is 0. The Kier molecular flexibility index (Phi) is 3.25. The van der Waals surface area contributed by atoms with Gasteiger partial charge in [0, 0.05) is 6.08 Å². The quantitative estimate of drug-likeness (QED) is 0.618. The molecule has 2 aromatic rings. The number of carboxylic acids is 1. The van der Waals surface area contributed by atoms with Crippen molar-refractivity contribution in [2.24, 2.45) is 0 Å². The summed E-state index contributed by atoms with van der Waals surface area (Å²) in [5, 5.41) is 17.5. The number of hydrogen-bond acceptors (Lipinski definition) is 5. The first-order chi connectivity index (χ1) is 6.74. The normalized spacial score (nSPS) is 8.86. The molecular weight excluding hydrogens is 186 g/mol. The Morgan fingerprint density at radius 1 is 1.57 bits per heavy atom. The van der Waals surface area contributed by atoms with Gasteiger partial charge < -0.3 is 5.11 Å². The summed E-state index contributed by atoms with van der Waals surface area (Å²) in [6.07, 6.45) is 3.87. The maximum absolute atomic E-state index is 9.25. The molecule has 0 fully saturated rings. The van der Waals surface area contributed by atoms with E-state index in [-0.39, 0.29) is 0 Å². The van der Waals surface area contributed by atoms with Crippen molar-refractivity contribution in [2.45, 2.75) is 0 Å². The lowest BCUT2D eigenvalue weighted by molar-refractivity contribution is -0.131. The van der Waals surface area contributed by atoms with Gasteiger partial charge in [-0.1, -0.05) is 6.58 Å². The topological polar surface area (TPSA) is 105 Å². The molecule has 0 saturated heterocycles. The number of fused-ring (bicyclic) bond motifs is 1. The van der Waals surface area contributed by atoms with Crippen LogP contribution in [-0.2, 0) is 4.79 Å². The van der Waals surface area contributed by atoms with Crippen LogP contribution in [0.1, 0.15) is 0 Å². The van der Waals surface area contributed by atoms with Crippen molar-refractivity contribution in [1.29, 1.82) is 0 Å². The fourth-order valence-corrected chi connectivity index (χ4v) is 0.607. The third kappa shape index (κ3) is 2.63. The van der Waals surface area contributed by atoms with Gasteiger partial charge in [0.1, 0.15) is 11.8 Å². The van der Waals surface area contributed by atoms with Gasteiger partial charge in [-0.05, 0) is 0 Å². The minimum Gasteiger partial charge on any atom is -0.478 e. The van der Waals surface area contributed by atoms with Crippen LogP contribution in [-0.4, -0.2) is 36.5 Å². The molecule has 2 rings (SSSR count). The van der Waals surface area contributed by atoms with Gasteiger partial charge in [0.2, 0.25) is 5.65 Å². The van der Waals surface area contributed by atoms with Crippen molar-refractivity contribution in [2.75, 3.05) is 0 Å². The van der Waals surface area contributed by atoms with Crippen LogP contribution in [0.25, 0.3) is 11.2 Å². The van der Waals surface area contributed by atoms with Gasteiger partial charge in [-0.25, -0.2) is 14.8 Å². The zero-order valence-corrected chi connectivity index (χ0v) is 7.08. The molecule has 7 nitrogen and oxygen atoms in total. The third-order valence-electron chi connectivity index (χ3n) is 1.17. The maximum atomic E-state index is 9.25. The van der Waals surface area contributed by atoms with Crippen LogP contribution in [0.15, 0.2) is 25.2 Å². The molecule has 0 atom stereocenters. The Labute approximate surface area is 78.5 Å². The Morgan fingerprint density at radius 2 is 2.29 bits per heavy atom. The number of H-pyrrole nitrogens is 1. The van der Waals surface area contributed by atoms with Gasteiger partial charge in [0.05, 0.1) is 6.20 Å². The van der Waals surface area contributed by atoms with Crippen LogP contribution >= 0.6 is 0 Å². The van der Waals surface area contributed by atoms with Crippen LogP contribution < -0.4 is 0 Å². The smallest absolute Gasteiger partial charge is 0.327 e. The molecule has 0 aliphatic heterocycles. The van der Waals surface area contributed by atoms with Gasteiger partial charge in [-0.15, -0.1) is 5.10 Å². The van der Waals surface area contributed by atoms with E-state index in [1.165, 1.54) is 6.33 Å². The SMILES string of the molecule is C=CC(=O)O.c1ncc2n[nH]nc2n1. The molecule has 0 spiro atoms. The molecule has 7 heteroatoms. The van der Waals surface area contributed by atoms with E-state index >= 15 is 0 Å². The van der Waals surface area contributed by atoms with E-state index in [9.17, 15) is 4.79 Å². The Bertz CT molecular complexity index is 408. The highest BCUT2D eigenvalue weighted by atomic mass is 16.4. The van der Waals surface area contributed by atoms with Crippen LogP contribution in [0.3, 0.4) is 0 Å². The number of carbonyl (C=O) groups is 1. The highest BCUT2D eigenvalue weighted by Gasteiger charge is 1.93. The second-order valence-corrected chi connectivity index (χ2v) is 2.10. The molecule has 2 N–H and O–H groups in total. The molecule has 0 aliphatic rings. The second kappa shape index (κ2) is 4.65. The van der Waals surface area contributed by atoms with E-state index in [1.807, 2.05) is 0 Å². The molecular formula is C7H7N5O2. The van der Waals surface area contributed by atoms with Gasteiger partial charge >= 0.3 is 5.97 Å². The first-order valence-electron chi connectivity index (χ1n) is 3.56. The fourth-order valence-electron chi connectivity index (χ4n) is 0.607. The van der Waals surface area contributed by atoms with E-state index in [0.29, 0.717) is 11.2 Å². The average Bonchev–Trinajstić information content (AvgIpc) is 2.66. The number of aromatic amines is 1. The summed E-state index contributed by atoms with van der Waals surface area (Å²) < 4.78 is 0. The van der Waals surface area contributed by atoms with Crippen molar-refractivity contribution in [1.82, 2.24) is 25.4 Å². The molecule has 14 heavy (non-hydrogen) atoms. The third-order valence-corrected chi connectivity index (χ3v) is 1.17. The zero-order valence-electron chi connectivity index (χ0n) is 7.08. The molecule has 2 aromatic heterocycles. The molecule has 0 aliphatic carbocycles. The number of hydrogen-bond donors (Lipinski definition) is 2. The standard InChI is InChI=1S/C4H3N5.C3H4O2/c1-3-4(6-2-5-1)8-9-7-3;1-2-3(4)5/h1-2H,(H,5,6,7,8,9);2H,1H2,(H,4,5). The maximum Gasteiger partial charge on any atom is 0.327 e. The summed E-state index contributed by atoms with van der Waals surface area (Å²) in [4.78, 5) is 16.8. The molecule has 2 heterocycles. The van der Waals surface area contributed by atoms with Crippen molar-refractivity contribution >= 4 is 17.1 Å². The lowest BCUT2D eigenvalue weighted by Gasteiger charge is -1.77. The summed E-state index contributed by atoms with van der Waals surface area (Å²) in [5.41, 5.74) is 1.29. The van der Waals surface area contributed by atoms with Crippen molar-refractivity contribution in [3.8, 4) is 0 Å². The van der Waals surface area contributed by atoms with E-state index in [2.05, 4.69) is 32.0 Å². The zero-order chi connectivity index (χ0) is 10.4. The highest BCUT2D eigenvalue weighted by molar-refractivity contribution is 5.78. The number of nitrogens with one attached hydrogen (secondary N) is 1. The average molecular weight is 193 g/mol. The van der Waals surface area contributed by atoms with Crippen LogP contribution in [0.2, 0.25) is 0 Å². The first-order valence-corrected chi connectivity index (χ1v) is 3.56. The number of aliphatic carboxylic acids is 1. The van der Waals surface area contributed by atoms with E-state index < -0.39 is 5.97 Å². The first kappa shape index (κ1) is 9.78. The number of nitrogens with zero attached hydrogens (tertiary/aromatic N) is 4. The van der Waals surface area contributed by atoms with Crippen LogP contribution in [0.5, 0.6) is 0 Å². The molecule has 0 radical (unpaired) electrons. The van der Waals surface area contributed by atoms with Gasteiger partial charge in [0.25, 0.3) is 0 Å². The fraction of sp³-hybridized carbons (Fsp3) is 0. The number of aromatic nitrogens is 5. The van der Waals surface area contributed by atoms with Crippen molar-refractivity contribution in [3.63, 3.8) is 0 Å². The lowest BCUT2D eigenvalue weighted by atomic mass is 10.6. The Balaban J connectivity index is 0.000000171. The van der Waals surface area contributed by atoms with E-state index in [1.54, 1.807) is 6.20 Å². The van der Waals surface area contributed by atoms with Gasteiger partial charge in [0.15, 0.2) is 0 Å². The van der Waals surface area contributed by atoms with Gasteiger partial charge in [-0.2, -0.15) is 10.3 Å². The van der Waals surface area contributed by atoms with Crippen molar-refractivity contribution < 1.29 is 9.90 Å². The minimum absolute atomic E-state index is 0.602. The summed E-state index contributed by atoms with van der Waals surface area (Å²) >= 11 is 0. The van der Waals surface area contributed by atoms with E-state index in [4.69, 9.17) is 5.11 Å². The summed E-state index contributed by atoms with van der Waals surface area (Å²) in [6, 6.07) is 0. The van der Waals surface area contributed by atoms with Crippen LogP contribution in [0.4, 0.5) is 0 Å². The predicted molar refractivity (Wildman–Crippen MR) is 47.3 cm³/mol. The Morgan fingerprint density at radius 3 is 2.86 bits per heavy atom. The molecule has 72 valence electrons. The Hall–Kier alpha value is -2.31. The lowest BCUT2D eigenvalue weighted by Crippen LogP contribution is -1.82. The second-order valence-electron chi connectivity index (χ2n) is 2.10. The number of rotatable bonds is 1. The summed E-state index contributed by atoms with van der Waals surface area (Å²) in [5.74, 6) is -0.981. The largest absolute Gasteiger partial charge is 0.478 e. The molecule has 0 aromatic carbocycles. The molecule has 0 amide bonds. The molecule has 0 unspecified atom stereocenters. The molecule has 0 bridgehead atoms. The highest BCUT2D eigenvalue weighted by Crippen LogP contribution is 1.96. The van der Waals surface area contributed by atoms with Gasteiger partial charge in [-0.3, -0.25) is 0 Å². The minimum atomic E-state index is -0.981. The predicted octanol–water partition coefficient (Wildman–Crippen LogP) is 0.00490. The molecule has 0 saturated carbocycles. The monoisotopic (exact) mass is 193 g/mol.